The zero-order chi connectivity index (χ0) is 17.7. The molecule has 6 nitrogen and oxygen atoms in total. The summed E-state index contributed by atoms with van der Waals surface area (Å²) < 4.78 is 6.64. The predicted molar refractivity (Wildman–Crippen MR) is 96.0 cm³/mol. The van der Waals surface area contributed by atoms with Crippen LogP contribution in [-0.4, -0.2) is 26.5 Å². The molecule has 1 aromatic carbocycles. The summed E-state index contributed by atoms with van der Waals surface area (Å²) in [6, 6.07) is 11.6. The number of allylic oxidation sites excluding steroid dienone is 1. The molecule has 1 aliphatic rings. The van der Waals surface area contributed by atoms with Crippen molar-refractivity contribution in [3.63, 3.8) is 0 Å². The topological polar surface area (TPSA) is 86.0 Å². The van der Waals surface area contributed by atoms with Gasteiger partial charge in [0, 0.05) is 24.0 Å². The second-order valence-electron chi connectivity index (χ2n) is 5.67. The van der Waals surface area contributed by atoms with Crippen molar-refractivity contribution >= 4 is 39.4 Å². The van der Waals surface area contributed by atoms with Crippen LogP contribution in [0.3, 0.4) is 0 Å². The minimum atomic E-state index is -0.421. The van der Waals surface area contributed by atoms with Crippen LogP contribution in [0.4, 0.5) is 0 Å². The van der Waals surface area contributed by atoms with Crippen LogP contribution < -0.4 is 0 Å². The van der Waals surface area contributed by atoms with E-state index in [4.69, 9.17) is 4.42 Å². The first kappa shape index (κ1) is 14.9. The first-order chi connectivity index (χ1) is 12.7. The lowest BCUT2D eigenvalue weighted by atomic mass is 10.2. The fourth-order valence-corrected chi connectivity index (χ4v) is 3.71. The third-order valence-electron chi connectivity index (χ3n) is 4.05. The van der Waals surface area contributed by atoms with Gasteiger partial charge in [0.2, 0.25) is 17.3 Å². The van der Waals surface area contributed by atoms with Crippen LogP contribution in [0, 0.1) is 0 Å². The van der Waals surface area contributed by atoms with E-state index in [9.17, 15) is 9.59 Å². The maximum atomic E-state index is 12.4. The van der Waals surface area contributed by atoms with Crippen LogP contribution in [0.1, 0.15) is 26.0 Å². The highest BCUT2D eigenvalue weighted by Crippen LogP contribution is 2.33. The molecule has 0 radical (unpaired) electrons. The molecular formula is C19H9N3O3S. The van der Waals surface area contributed by atoms with E-state index in [1.165, 1.54) is 29.8 Å². The van der Waals surface area contributed by atoms with Gasteiger partial charge in [-0.25, -0.2) is 15.0 Å². The van der Waals surface area contributed by atoms with Gasteiger partial charge in [0.1, 0.15) is 22.2 Å². The Labute approximate surface area is 150 Å². The number of thiazole rings is 1. The lowest BCUT2D eigenvalue weighted by Gasteiger charge is -1.94. The number of ketones is 2. The van der Waals surface area contributed by atoms with Gasteiger partial charge in [-0.15, -0.1) is 11.3 Å². The first-order valence-corrected chi connectivity index (χ1v) is 8.60. The molecule has 0 aliphatic heterocycles. The second kappa shape index (κ2) is 5.53. The number of furan rings is 1. The van der Waals surface area contributed by atoms with Gasteiger partial charge in [0.05, 0.1) is 10.3 Å². The largest absolute Gasteiger partial charge is 0.437 e. The lowest BCUT2D eigenvalue weighted by Crippen LogP contribution is -2.00. The third-order valence-corrected chi connectivity index (χ3v) is 4.98. The molecule has 0 unspecified atom stereocenters. The zero-order valence-electron chi connectivity index (χ0n) is 13.2. The van der Waals surface area contributed by atoms with Crippen molar-refractivity contribution in [3.8, 4) is 11.3 Å². The standard InChI is InChI=1S/C19H9N3O3S/c23-17-11(18(24)16-15(17)20-6-7-21-16)8-14-22-19-13(26-14)9-12(25-19)10-4-2-1-3-5-10/h1-9H. The molecule has 0 spiro atoms. The number of aromatic nitrogens is 3. The van der Waals surface area contributed by atoms with Gasteiger partial charge in [-0.2, -0.15) is 0 Å². The number of benzene rings is 1. The Hall–Kier alpha value is -3.45. The van der Waals surface area contributed by atoms with Crippen LogP contribution in [0.15, 0.2) is 58.8 Å². The number of rotatable bonds is 2. The van der Waals surface area contributed by atoms with E-state index in [0.29, 0.717) is 10.7 Å². The molecule has 3 aromatic heterocycles. The van der Waals surface area contributed by atoms with Gasteiger partial charge >= 0.3 is 0 Å². The number of carbonyl (C=O) groups excluding carboxylic acids is 2. The Balaban J connectivity index is 1.53. The third kappa shape index (κ3) is 2.21. The SMILES string of the molecule is O=C1C(=Cc2nc3oc(-c4ccccc4)cc3s2)C(=O)c2nccnc21. The number of fused-ring (bicyclic) bond motifs is 2. The van der Waals surface area contributed by atoms with Crippen molar-refractivity contribution in [2.24, 2.45) is 0 Å². The molecule has 124 valence electrons. The Morgan fingerprint density at radius 2 is 1.65 bits per heavy atom. The maximum absolute atomic E-state index is 12.4. The van der Waals surface area contributed by atoms with Crippen molar-refractivity contribution in [3.05, 3.63) is 70.8 Å². The average Bonchev–Trinajstić information content (AvgIpc) is 3.30. The van der Waals surface area contributed by atoms with Crippen LogP contribution >= 0.6 is 11.3 Å². The highest BCUT2D eigenvalue weighted by Gasteiger charge is 2.36. The molecule has 0 saturated carbocycles. The molecule has 4 aromatic rings. The summed E-state index contributed by atoms with van der Waals surface area (Å²) in [5.74, 6) is -0.114. The van der Waals surface area contributed by atoms with Crippen LogP contribution in [-0.2, 0) is 0 Å². The molecular weight excluding hydrogens is 350 g/mol. The van der Waals surface area contributed by atoms with E-state index in [-0.39, 0.29) is 17.0 Å². The maximum Gasteiger partial charge on any atom is 0.238 e. The number of hydrogen-bond donors (Lipinski definition) is 0. The van der Waals surface area contributed by atoms with Gasteiger partial charge in [0.25, 0.3) is 0 Å². The van der Waals surface area contributed by atoms with E-state index in [1.807, 2.05) is 36.4 Å². The van der Waals surface area contributed by atoms with E-state index >= 15 is 0 Å². The molecule has 0 saturated heterocycles. The Morgan fingerprint density at radius 3 is 2.31 bits per heavy atom. The van der Waals surface area contributed by atoms with E-state index < -0.39 is 11.6 Å². The normalized spacial score (nSPS) is 13.5. The minimum absolute atomic E-state index is 0.0332. The summed E-state index contributed by atoms with van der Waals surface area (Å²) in [5.41, 5.74) is 1.66. The van der Waals surface area contributed by atoms with Crippen LogP contribution in [0.2, 0.25) is 0 Å². The van der Waals surface area contributed by atoms with Crippen molar-refractivity contribution in [1.82, 2.24) is 15.0 Å². The van der Waals surface area contributed by atoms with Crippen molar-refractivity contribution in [2.75, 3.05) is 0 Å². The summed E-state index contributed by atoms with van der Waals surface area (Å²) in [6.07, 6.45) is 4.28. The molecule has 0 amide bonds. The molecule has 0 bridgehead atoms. The van der Waals surface area contributed by atoms with Gasteiger partial charge < -0.3 is 4.42 Å². The van der Waals surface area contributed by atoms with Gasteiger partial charge in [-0.3, -0.25) is 9.59 Å². The van der Waals surface area contributed by atoms with Crippen LogP contribution in [0.5, 0.6) is 0 Å². The Bertz CT molecular complexity index is 1150. The number of Topliss-reactive ketones (excluding diaryl/α,β-unsaturated/α-hetero) is 2. The molecule has 5 rings (SSSR count). The molecule has 7 heteroatoms. The highest BCUT2D eigenvalue weighted by molar-refractivity contribution is 7.19. The Kier molecular flexibility index (Phi) is 3.16. The van der Waals surface area contributed by atoms with Crippen molar-refractivity contribution in [1.29, 1.82) is 0 Å². The summed E-state index contributed by atoms with van der Waals surface area (Å²) in [7, 11) is 0. The lowest BCUT2D eigenvalue weighted by molar-refractivity contribution is 0.0988. The zero-order valence-corrected chi connectivity index (χ0v) is 14.0. The van der Waals surface area contributed by atoms with Crippen LogP contribution in [0.25, 0.3) is 27.8 Å². The number of hydrogen-bond acceptors (Lipinski definition) is 7. The molecule has 0 atom stereocenters. The second-order valence-corrected chi connectivity index (χ2v) is 6.73. The predicted octanol–water partition coefficient (Wildman–Crippen LogP) is 3.81. The highest BCUT2D eigenvalue weighted by atomic mass is 32.1. The number of carbonyl (C=O) groups is 2. The fraction of sp³-hybridized carbons (Fsp3) is 0. The van der Waals surface area contributed by atoms with Crippen molar-refractivity contribution < 1.29 is 14.0 Å². The first-order valence-electron chi connectivity index (χ1n) is 7.78. The number of nitrogens with zero attached hydrogens (tertiary/aromatic N) is 3. The fourth-order valence-electron chi connectivity index (χ4n) is 2.84. The Morgan fingerprint density at radius 1 is 0.962 bits per heavy atom. The van der Waals surface area contributed by atoms with E-state index in [0.717, 1.165) is 16.0 Å². The summed E-state index contributed by atoms with van der Waals surface area (Å²) in [6.45, 7) is 0. The smallest absolute Gasteiger partial charge is 0.238 e. The van der Waals surface area contributed by atoms with E-state index in [2.05, 4.69) is 15.0 Å². The van der Waals surface area contributed by atoms with Gasteiger partial charge in [-0.05, 0) is 6.08 Å². The molecule has 0 N–H and O–H groups in total. The van der Waals surface area contributed by atoms with Gasteiger partial charge in [-0.1, -0.05) is 30.3 Å². The van der Waals surface area contributed by atoms with Crippen molar-refractivity contribution in [2.45, 2.75) is 0 Å². The summed E-state index contributed by atoms with van der Waals surface area (Å²) in [4.78, 5) is 37.0. The molecule has 0 fully saturated rings. The molecule has 1 aliphatic carbocycles. The van der Waals surface area contributed by atoms with E-state index in [1.54, 1.807) is 0 Å². The molecule has 26 heavy (non-hydrogen) atoms. The summed E-state index contributed by atoms with van der Waals surface area (Å²) >= 11 is 1.36. The minimum Gasteiger partial charge on any atom is -0.437 e. The van der Waals surface area contributed by atoms with Gasteiger partial charge in [0.15, 0.2) is 0 Å². The summed E-state index contributed by atoms with van der Waals surface area (Å²) in [5, 5.41) is 0.530. The molecule has 3 heterocycles. The monoisotopic (exact) mass is 359 g/mol. The average molecular weight is 359 g/mol. The quantitative estimate of drug-likeness (QED) is 0.400.